The highest BCUT2D eigenvalue weighted by atomic mass is 16.5. The Hall–Kier alpha value is -1.75. The second-order valence-corrected chi connectivity index (χ2v) is 5.72. The minimum absolute atomic E-state index is 0.0412. The Morgan fingerprint density at radius 2 is 2.00 bits per heavy atom. The monoisotopic (exact) mass is 292 g/mol. The van der Waals surface area contributed by atoms with Gasteiger partial charge in [0.1, 0.15) is 5.75 Å². The number of nitrogens with one attached hydrogen (secondary N) is 2. The van der Waals surface area contributed by atoms with Crippen LogP contribution in [0.1, 0.15) is 24.8 Å². The van der Waals surface area contributed by atoms with Gasteiger partial charge < -0.3 is 20.5 Å². The molecule has 2 amide bonds. The molecule has 116 valence electrons. The Morgan fingerprint density at radius 3 is 2.57 bits per heavy atom. The second-order valence-electron chi connectivity index (χ2n) is 5.72. The minimum atomic E-state index is -0.149. The zero-order chi connectivity index (χ0) is 15.1. The van der Waals surface area contributed by atoms with Gasteiger partial charge in [0.05, 0.1) is 13.7 Å². The predicted molar refractivity (Wildman–Crippen MR) is 81.5 cm³/mol. The van der Waals surface area contributed by atoms with Crippen LogP contribution >= 0.6 is 0 Å². The molecule has 0 saturated heterocycles. The summed E-state index contributed by atoms with van der Waals surface area (Å²) in [6.45, 7) is 1.36. The summed E-state index contributed by atoms with van der Waals surface area (Å²) in [4.78, 5) is 11.6. The molecule has 0 atom stereocenters. The number of benzene rings is 1. The number of amides is 2. The van der Waals surface area contributed by atoms with Crippen molar-refractivity contribution in [3.05, 3.63) is 29.8 Å². The molecule has 1 aliphatic carbocycles. The third-order valence-corrected chi connectivity index (χ3v) is 4.00. The van der Waals surface area contributed by atoms with Gasteiger partial charge >= 0.3 is 6.03 Å². The molecule has 0 unspecified atom stereocenters. The summed E-state index contributed by atoms with van der Waals surface area (Å²) in [7, 11) is 1.65. The van der Waals surface area contributed by atoms with Crippen LogP contribution in [0.2, 0.25) is 0 Å². The maximum absolute atomic E-state index is 11.6. The molecule has 0 bridgehead atoms. The normalized spacial score (nSPS) is 15.3. The van der Waals surface area contributed by atoms with E-state index in [2.05, 4.69) is 10.6 Å². The molecule has 1 fully saturated rings. The van der Waals surface area contributed by atoms with Crippen LogP contribution in [0, 0.1) is 5.41 Å². The molecule has 0 aromatic heterocycles. The first-order chi connectivity index (χ1) is 10.2. The van der Waals surface area contributed by atoms with E-state index in [-0.39, 0.29) is 18.1 Å². The molecular weight excluding hydrogens is 268 g/mol. The number of hydrogen-bond donors (Lipinski definition) is 3. The zero-order valence-electron chi connectivity index (χ0n) is 12.5. The number of aryl methyl sites for hydroxylation is 1. The van der Waals surface area contributed by atoms with E-state index >= 15 is 0 Å². The van der Waals surface area contributed by atoms with Crippen molar-refractivity contribution in [2.24, 2.45) is 5.41 Å². The number of hydrogen-bond acceptors (Lipinski definition) is 3. The number of aliphatic hydroxyl groups excluding tert-OH is 1. The number of carbonyl (C=O) groups is 1. The first-order valence-electron chi connectivity index (χ1n) is 7.43. The van der Waals surface area contributed by atoms with E-state index in [1.807, 2.05) is 24.3 Å². The molecule has 5 nitrogen and oxygen atoms in total. The average molecular weight is 292 g/mol. The van der Waals surface area contributed by atoms with Crippen LogP contribution in [-0.4, -0.2) is 37.9 Å². The van der Waals surface area contributed by atoms with Gasteiger partial charge in [-0.2, -0.15) is 0 Å². The number of aliphatic hydroxyl groups is 1. The Labute approximate surface area is 125 Å². The first kappa shape index (κ1) is 15.6. The molecule has 5 heteroatoms. The van der Waals surface area contributed by atoms with E-state index in [1.54, 1.807) is 7.11 Å². The fourth-order valence-corrected chi connectivity index (χ4v) is 2.18. The van der Waals surface area contributed by atoms with E-state index in [4.69, 9.17) is 9.84 Å². The van der Waals surface area contributed by atoms with Gasteiger partial charge in [-0.25, -0.2) is 4.79 Å². The number of methoxy groups -OCH3 is 1. The van der Waals surface area contributed by atoms with Crippen molar-refractivity contribution in [2.45, 2.75) is 25.7 Å². The molecule has 0 spiro atoms. The molecular formula is C16H24N2O3. The summed E-state index contributed by atoms with van der Waals surface area (Å²) in [6, 6.07) is 7.82. The molecule has 3 N–H and O–H groups in total. The van der Waals surface area contributed by atoms with Crippen molar-refractivity contribution in [1.29, 1.82) is 0 Å². The maximum atomic E-state index is 11.6. The summed E-state index contributed by atoms with van der Waals surface area (Å²) >= 11 is 0. The molecule has 0 heterocycles. The third-order valence-electron chi connectivity index (χ3n) is 4.00. The molecule has 0 aliphatic heterocycles. The molecule has 1 aromatic carbocycles. The summed E-state index contributed by atoms with van der Waals surface area (Å²) in [5.74, 6) is 0.856. The van der Waals surface area contributed by atoms with Crippen molar-refractivity contribution >= 4 is 6.03 Å². The summed E-state index contributed by atoms with van der Waals surface area (Å²) in [5, 5.41) is 14.8. The molecule has 21 heavy (non-hydrogen) atoms. The molecule has 1 aromatic rings. The Balaban J connectivity index is 1.57. The zero-order valence-corrected chi connectivity index (χ0v) is 12.5. The van der Waals surface area contributed by atoms with Crippen LogP contribution in [0.3, 0.4) is 0 Å². The van der Waals surface area contributed by atoms with E-state index < -0.39 is 0 Å². The van der Waals surface area contributed by atoms with Crippen molar-refractivity contribution < 1.29 is 14.6 Å². The van der Waals surface area contributed by atoms with E-state index in [0.717, 1.165) is 31.4 Å². The van der Waals surface area contributed by atoms with Crippen LogP contribution in [0.25, 0.3) is 0 Å². The maximum Gasteiger partial charge on any atom is 0.314 e. The smallest absolute Gasteiger partial charge is 0.314 e. The first-order valence-corrected chi connectivity index (χ1v) is 7.43. The van der Waals surface area contributed by atoms with E-state index in [1.165, 1.54) is 5.56 Å². The highest BCUT2D eigenvalue weighted by Gasteiger charge is 2.41. The van der Waals surface area contributed by atoms with Gasteiger partial charge in [0, 0.05) is 18.5 Å². The third kappa shape index (κ3) is 4.93. The quantitative estimate of drug-likeness (QED) is 0.639. The van der Waals surface area contributed by atoms with Gasteiger partial charge in [-0.1, -0.05) is 12.1 Å². The number of carbonyl (C=O) groups excluding carboxylic acids is 1. The lowest BCUT2D eigenvalue weighted by molar-refractivity contribution is 0.203. The van der Waals surface area contributed by atoms with Crippen LogP contribution in [0.5, 0.6) is 5.75 Å². The SMILES string of the molecule is COc1ccc(CCCNC(=O)NCC2(CO)CC2)cc1. The molecule has 0 radical (unpaired) electrons. The average Bonchev–Trinajstić information content (AvgIpc) is 3.31. The lowest BCUT2D eigenvalue weighted by atomic mass is 10.1. The highest BCUT2D eigenvalue weighted by molar-refractivity contribution is 5.73. The molecule has 2 rings (SSSR count). The fourth-order valence-electron chi connectivity index (χ4n) is 2.18. The molecule has 1 aliphatic rings. The number of ether oxygens (including phenoxy) is 1. The summed E-state index contributed by atoms with van der Waals surface area (Å²) in [5.41, 5.74) is 1.19. The van der Waals surface area contributed by atoms with Crippen molar-refractivity contribution in [3.63, 3.8) is 0 Å². The van der Waals surface area contributed by atoms with E-state index in [0.29, 0.717) is 13.1 Å². The Kier molecular flexibility index (Phi) is 5.44. The van der Waals surface area contributed by atoms with Crippen molar-refractivity contribution in [3.8, 4) is 5.75 Å². The number of urea groups is 1. The van der Waals surface area contributed by atoms with Crippen LogP contribution in [0.4, 0.5) is 4.79 Å². The lowest BCUT2D eigenvalue weighted by Gasteiger charge is -2.13. The van der Waals surface area contributed by atoms with E-state index in [9.17, 15) is 4.79 Å². The standard InChI is InChI=1S/C16H24N2O3/c1-21-14-6-4-13(5-7-14)3-2-10-17-15(20)18-11-16(12-19)8-9-16/h4-7,19H,2-3,8-12H2,1H3,(H2,17,18,20). The Bertz CT molecular complexity index is 455. The van der Waals surface area contributed by atoms with Gasteiger partial charge in [0.2, 0.25) is 0 Å². The topological polar surface area (TPSA) is 70.6 Å². The van der Waals surface area contributed by atoms with Gasteiger partial charge in [0.15, 0.2) is 0 Å². The van der Waals surface area contributed by atoms with Crippen LogP contribution in [0.15, 0.2) is 24.3 Å². The summed E-state index contributed by atoms with van der Waals surface area (Å²) in [6.07, 6.45) is 3.82. The summed E-state index contributed by atoms with van der Waals surface area (Å²) < 4.78 is 5.11. The second kappa shape index (κ2) is 7.31. The Morgan fingerprint density at radius 1 is 1.29 bits per heavy atom. The predicted octanol–water partition coefficient (Wildman–Crippen LogP) is 1.70. The van der Waals surface area contributed by atoms with Gasteiger partial charge in [-0.3, -0.25) is 0 Å². The lowest BCUT2D eigenvalue weighted by Crippen LogP contribution is -2.40. The highest BCUT2D eigenvalue weighted by Crippen LogP contribution is 2.44. The van der Waals surface area contributed by atoms with Gasteiger partial charge in [0.25, 0.3) is 0 Å². The van der Waals surface area contributed by atoms with Crippen molar-refractivity contribution in [1.82, 2.24) is 10.6 Å². The number of rotatable bonds is 8. The largest absolute Gasteiger partial charge is 0.497 e. The minimum Gasteiger partial charge on any atom is -0.497 e. The van der Waals surface area contributed by atoms with Crippen molar-refractivity contribution in [2.75, 3.05) is 26.8 Å². The van der Waals surface area contributed by atoms with Crippen LogP contribution < -0.4 is 15.4 Å². The van der Waals surface area contributed by atoms with Gasteiger partial charge in [-0.15, -0.1) is 0 Å². The van der Waals surface area contributed by atoms with Crippen LogP contribution in [-0.2, 0) is 6.42 Å². The van der Waals surface area contributed by atoms with Gasteiger partial charge in [-0.05, 0) is 43.4 Å². The molecule has 1 saturated carbocycles. The fraction of sp³-hybridized carbons (Fsp3) is 0.562.